The SMILES string of the molecule is CC(C)(CF)C[SiH3]. The van der Waals surface area contributed by atoms with Crippen LogP contribution in [-0.2, 0) is 0 Å². The van der Waals surface area contributed by atoms with Crippen molar-refractivity contribution >= 4 is 10.2 Å². The van der Waals surface area contributed by atoms with Crippen LogP contribution < -0.4 is 0 Å². The first-order chi connectivity index (χ1) is 3.12. The minimum atomic E-state index is -0.170. The molecule has 0 amide bonds. The summed E-state index contributed by atoms with van der Waals surface area (Å²) in [7, 11) is 1.12. The van der Waals surface area contributed by atoms with Crippen molar-refractivity contribution in [2.45, 2.75) is 19.9 Å². The van der Waals surface area contributed by atoms with Gasteiger partial charge < -0.3 is 0 Å². The summed E-state index contributed by atoms with van der Waals surface area (Å²) in [5.74, 6) is 0. The largest absolute Gasteiger partial charge is 0.251 e. The molecule has 0 nitrogen and oxygen atoms in total. The first kappa shape index (κ1) is 7.15. The minimum Gasteiger partial charge on any atom is -0.251 e. The Morgan fingerprint density at radius 3 is 2.00 bits per heavy atom. The molecular weight excluding hydrogens is 107 g/mol. The predicted molar refractivity (Wildman–Crippen MR) is 34.5 cm³/mol. The van der Waals surface area contributed by atoms with E-state index in [-0.39, 0.29) is 12.1 Å². The molecule has 0 bridgehead atoms. The number of hydrogen-bond donors (Lipinski definition) is 0. The zero-order valence-electron chi connectivity index (χ0n) is 5.29. The molecule has 44 valence electrons. The molecule has 0 saturated heterocycles. The second-order valence-electron chi connectivity index (χ2n) is 2.65. The molecule has 0 saturated carbocycles. The van der Waals surface area contributed by atoms with Gasteiger partial charge in [0, 0.05) is 10.2 Å². The van der Waals surface area contributed by atoms with Gasteiger partial charge in [0.1, 0.15) is 0 Å². The maximum Gasteiger partial charge on any atom is 0.0942 e. The Morgan fingerprint density at radius 1 is 1.57 bits per heavy atom. The smallest absolute Gasteiger partial charge is 0.0942 e. The number of hydrogen-bond acceptors (Lipinski definition) is 0. The molecule has 0 unspecified atom stereocenters. The Kier molecular flexibility index (Phi) is 2.50. The fourth-order valence-electron chi connectivity index (χ4n) is 0.0945. The van der Waals surface area contributed by atoms with E-state index in [0.717, 1.165) is 16.3 Å². The number of rotatable bonds is 2. The van der Waals surface area contributed by atoms with Crippen molar-refractivity contribution in [2.75, 3.05) is 6.67 Å². The van der Waals surface area contributed by atoms with Crippen molar-refractivity contribution in [3.8, 4) is 0 Å². The summed E-state index contributed by atoms with van der Waals surface area (Å²) in [6, 6.07) is 1.06. The van der Waals surface area contributed by atoms with Gasteiger partial charge in [-0.15, -0.1) is 0 Å². The van der Waals surface area contributed by atoms with Crippen LogP contribution in [0.15, 0.2) is 0 Å². The summed E-state index contributed by atoms with van der Waals surface area (Å²) < 4.78 is 11.8. The van der Waals surface area contributed by atoms with E-state index >= 15 is 0 Å². The molecule has 0 heterocycles. The zero-order chi connectivity index (χ0) is 5.91. The first-order valence-electron chi connectivity index (χ1n) is 2.68. The molecule has 0 aromatic carbocycles. The lowest BCUT2D eigenvalue weighted by Gasteiger charge is -2.15. The van der Waals surface area contributed by atoms with Crippen molar-refractivity contribution in [3.63, 3.8) is 0 Å². The zero-order valence-corrected chi connectivity index (χ0v) is 7.29. The lowest BCUT2D eigenvalue weighted by Crippen LogP contribution is -2.11. The molecule has 0 aliphatic heterocycles. The van der Waals surface area contributed by atoms with Gasteiger partial charge in [0.25, 0.3) is 0 Å². The molecule has 0 aromatic rings. The summed E-state index contributed by atoms with van der Waals surface area (Å²) in [6.45, 7) is 3.75. The van der Waals surface area contributed by atoms with Gasteiger partial charge >= 0.3 is 0 Å². The van der Waals surface area contributed by atoms with Crippen molar-refractivity contribution in [1.29, 1.82) is 0 Å². The highest BCUT2D eigenvalue weighted by Gasteiger charge is 2.12. The second-order valence-corrected chi connectivity index (χ2v) is 3.36. The molecule has 7 heavy (non-hydrogen) atoms. The average Bonchev–Trinajstić information content (AvgIpc) is 1.68. The van der Waals surface area contributed by atoms with Crippen LogP contribution >= 0.6 is 0 Å². The standard InChI is InChI=1S/C5H13FSi/c1-5(2,3-6)4-7/h3-4H2,1-2,7H3. The van der Waals surface area contributed by atoms with Gasteiger partial charge in [-0.3, -0.25) is 4.39 Å². The van der Waals surface area contributed by atoms with Crippen LogP contribution in [0.4, 0.5) is 4.39 Å². The van der Waals surface area contributed by atoms with Gasteiger partial charge in [0.05, 0.1) is 6.67 Å². The van der Waals surface area contributed by atoms with Gasteiger partial charge in [0.2, 0.25) is 0 Å². The lowest BCUT2D eigenvalue weighted by atomic mass is 9.99. The molecule has 0 aromatic heterocycles. The Morgan fingerprint density at radius 2 is 2.00 bits per heavy atom. The van der Waals surface area contributed by atoms with Crippen LogP contribution in [0.3, 0.4) is 0 Å². The maximum absolute atomic E-state index is 11.8. The van der Waals surface area contributed by atoms with Gasteiger partial charge in [-0.05, 0) is 5.41 Å². The van der Waals surface area contributed by atoms with Gasteiger partial charge in [-0.1, -0.05) is 19.9 Å². The highest BCUT2D eigenvalue weighted by molar-refractivity contribution is 6.08. The van der Waals surface area contributed by atoms with Crippen LogP contribution in [0.5, 0.6) is 0 Å². The monoisotopic (exact) mass is 120 g/mol. The fourth-order valence-corrected chi connectivity index (χ4v) is 0.283. The normalized spacial score (nSPS) is 12.4. The molecule has 0 N–H and O–H groups in total. The highest BCUT2D eigenvalue weighted by atomic mass is 28.1. The van der Waals surface area contributed by atoms with E-state index < -0.39 is 0 Å². The van der Waals surface area contributed by atoms with Crippen LogP contribution in [0.25, 0.3) is 0 Å². The molecule has 0 fully saturated rings. The summed E-state index contributed by atoms with van der Waals surface area (Å²) in [6.07, 6.45) is 0. The Hall–Kier alpha value is 0.147. The lowest BCUT2D eigenvalue weighted by molar-refractivity contribution is 0.285. The van der Waals surface area contributed by atoms with Gasteiger partial charge in [0.15, 0.2) is 0 Å². The first-order valence-corrected chi connectivity index (χ1v) is 4.10. The number of halogens is 1. The van der Waals surface area contributed by atoms with E-state index in [1.807, 2.05) is 13.8 Å². The van der Waals surface area contributed by atoms with Gasteiger partial charge in [-0.2, -0.15) is 0 Å². The third kappa shape index (κ3) is 2.80. The molecule has 0 radical (unpaired) electrons. The van der Waals surface area contributed by atoms with Crippen molar-refractivity contribution in [2.24, 2.45) is 5.41 Å². The van der Waals surface area contributed by atoms with Crippen molar-refractivity contribution in [3.05, 3.63) is 0 Å². The Balaban J connectivity index is 3.36. The maximum atomic E-state index is 11.8. The summed E-state index contributed by atoms with van der Waals surface area (Å²) in [5.41, 5.74) is -0.0216. The summed E-state index contributed by atoms with van der Waals surface area (Å²) in [5, 5.41) is 0. The van der Waals surface area contributed by atoms with E-state index in [1.54, 1.807) is 0 Å². The third-order valence-corrected chi connectivity index (χ3v) is 3.23. The van der Waals surface area contributed by atoms with Crippen LogP contribution in [-0.4, -0.2) is 16.9 Å². The minimum absolute atomic E-state index is 0.0216. The molecule has 0 rings (SSSR count). The quantitative estimate of drug-likeness (QED) is 0.472. The Labute approximate surface area is 47.5 Å². The highest BCUT2D eigenvalue weighted by Crippen LogP contribution is 2.18. The van der Waals surface area contributed by atoms with E-state index in [4.69, 9.17) is 0 Å². The summed E-state index contributed by atoms with van der Waals surface area (Å²) >= 11 is 0. The Bertz CT molecular complexity index is 46.0. The van der Waals surface area contributed by atoms with E-state index in [9.17, 15) is 4.39 Å². The molecule has 0 spiro atoms. The molecule has 0 aliphatic carbocycles. The van der Waals surface area contributed by atoms with E-state index in [2.05, 4.69) is 0 Å². The topological polar surface area (TPSA) is 0 Å². The average molecular weight is 120 g/mol. The van der Waals surface area contributed by atoms with E-state index in [0.29, 0.717) is 0 Å². The summed E-state index contributed by atoms with van der Waals surface area (Å²) in [4.78, 5) is 0. The van der Waals surface area contributed by atoms with Crippen LogP contribution in [0.1, 0.15) is 13.8 Å². The van der Waals surface area contributed by atoms with E-state index in [1.165, 1.54) is 0 Å². The van der Waals surface area contributed by atoms with Crippen molar-refractivity contribution < 1.29 is 4.39 Å². The third-order valence-electron chi connectivity index (χ3n) is 1.32. The van der Waals surface area contributed by atoms with Crippen molar-refractivity contribution in [1.82, 2.24) is 0 Å². The van der Waals surface area contributed by atoms with Gasteiger partial charge in [-0.25, -0.2) is 0 Å². The second kappa shape index (κ2) is 2.45. The molecule has 2 heteroatoms. The number of alkyl halides is 1. The predicted octanol–water partition coefficient (Wildman–Crippen LogP) is 0.766. The fraction of sp³-hybridized carbons (Fsp3) is 1.00. The molecule has 0 atom stereocenters. The molecular formula is C5H13FSi. The van der Waals surface area contributed by atoms with Crippen LogP contribution in [0, 0.1) is 5.41 Å². The molecule has 0 aliphatic rings. The van der Waals surface area contributed by atoms with Crippen LogP contribution in [0.2, 0.25) is 6.04 Å².